The van der Waals surface area contributed by atoms with Gasteiger partial charge in [0.2, 0.25) is 11.8 Å². The van der Waals surface area contributed by atoms with Crippen LogP contribution in [0.25, 0.3) is 0 Å². The summed E-state index contributed by atoms with van der Waals surface area (Å²) in [5, 5.41) is 19.3. The lowest BCUT2D eigenvalue weighted by Crippen LogP contribution is -2.31. The van der Waals surface area contributed by atoms with Gasteiger partial charge in [-0.3, -0.25) is 19.7 Å². The number of nitro benzene ring substituents is 1. The van der Waals surface area contributed by atoms with Gasteiger partial charge in [-0.2, -0.15) is 0 Å². The first-order valence-corrected chi connectivity index (χ1v) is 8.49. The van der Waals surface area contributed by atoms with Gasteiger partial charge in [-0.05, 0) is 37.3 Å². The molecule has 0 saturated heterocycles. The van der Waals surface area contributed by atoms with Crippen LogP contribution < -0.4 is 16.0 Å². The van der Waals surface area contributed by atoms with Crippen molar-refractivity contribution in [3.05, 3.63) is 58.6 Å². The fourth-order valence-electron chi connectivity index (χ4n) is 2.20. The molecule has 0 spiro atoms. The molecule has 0 saturated carbocycles. The van der Waals surface area contributed by atoms with Crippen molar-refractivity contribution >= 4 is 34.6 Å². The van der Waals surface area contributed by atoms with Crippen LogP contribution in [-0.4, -0.2) is 22.8 Å². The van der Waals surface area contributed by atoms with Crippen molar-refractivity contribution in [3.63, 3.8) is 0 Å². The van der Waals surface area contributed by atoms with Crippen LogP contribution in [0, 0.1) is 16.0 Å². The van der Waals surface area contributed by atoms with Crippen molar-refractivity contribution in [2.24, 2.45) is 5.92 Å². The Morgan fingerprint density at radius 3 is 2.07 bits per heavy atom. The molecule has 2 aromatic carbocycles. The summed E-state index contributed by atoms with van der Waals surface area (Å²) in [5.41, 5.74) is 1.65. The highest BCUT2D eigenvalue weighted by molar-refractivity contribution is 5.96. The monoisotopic (exact) mass is 370 g/mol. The van der Waals surface area contributed by atoms with Crippen LogP contribution >= 0.6 is 0 Å². The second kappa shape index (κ2) is 8.79. The third kappa shape index (κ3) is 5.81. The average Bonchev–Trinajstić information content (AvgIpc) is 2.63. The summed E-state index contributed by atoms with van der Waals surface area (Å²) in [4.78, 5) is 34.2. The predicted molar refractivity (Wildman–Crippen MR) is 105 cm³/mol. The predicted octanol–water partition coefficient (Wildman–Crippen LogP) is 3.63. The number of nitrogens with zero attached hydrogens (tertiary/aromatic N) is 1. The zero-order valence-electron chi connectivity index (χ0n) is 15.4. The standard InChI is InChI=1S/C19H22N4O4/c1-12(2)18(24)21-15-9-7-14(8-10-15)20-13(3)19(25)22-16-5-4-6-17(11-16)23(26)27/h4-13,20H,1-3H3,(H,21,24)(H,22,25)/t13-/m0/s1. The molecule has 8 nitrogen and oxygen atoms in total. The molecule has 0 radical (unpaired) electrons. The minimum Gasteiger partial charge on any atom is -0.374 e. The SMILES string of the molecule is CC(C)C(=O)Nc1ccc(N[C@@H](C)C(=O)Nc2cccc([N+](=O)[O-])c2)cc1. The van der Waals surface area contributed by atoms with Gasteiger partial charge < -0.3 is 16.0 Å². The Balaban J connectivity index is 1.95. The maximum absolute atomic E-state index is 12.3. The summed E-state index contributed by atoms with van der Waals surface area (Å²) in [7, 11) is 0. The molecular weight excluding hydrogens is 348 g/mol. The average molecular weight is 370 g/mol. The van der Waals surface area contributed by atoms with Gasteiger partial charge in [-0.1, -0.05) is 19.9 Å². The van der Waals surface area contributed by atoms with Gasteiger partial charge in [0.05, 0.1) is 4.92 Å². The van der Waals surface area contributed by atoms with Gasteiger partial charge in [0, 0.05) is 35.1 Å². The van der Waals surface area contributed by atoms with E-state index in [1.54, 1.807) is 37.3 Å². The maximum Gasteiger partial charge on any atom is 0.271 e. The molecule has 0 heterocycles. The molecule has 2 amide bonds. The number of hydrogen-bond acceptors (Lipinski definition) is 5. The summed E-state index contributed by atoms with van der Waals surface area (Å²) in [6, 6.07) is 12.2. The summed E-state index contributed by atoms with van der Waals surface area (Å²) in [5.74, 6) is -0.506. The molecule has 2 aromatic rings. The summed E-state index contributed by atoms with van der Waals surface area (Å²) >= 11 is 0. The Kier molecular flexibility index (Phi) is 6.48. The van der Waals surface area contributed by atoms with E-state index >= 15 is 0 Å². The van der Waals surface area contributed by atoms with E-state index < -0.39 is 11.0 Å². The zero-order valence-corrected chi connectivity index (χ0v) is 15.4. The van der Waals surface area contributed by atoms with E-state index in [4.69, 9.17) is 0 Å². The zero-order chi connectivity index (χ0) is 20.0. The highest BCUT2D eigenvalue weighted by atomic mass is 16.6. The van der Waals surface area contributed by atoms with Crippen LogP contribution in [-0.2, 0) is 9.59 Å². The first-order chi connectivity index (χ1) is 12.8. The van der Waals surface area contributed by atoms with Crippen molar-refractivity contribution in [2.75, 3.05) is 16.0 Å². The van der Waals surface area contributed by atoms with E-state index in [0.29, 0.717) is 17.1 Å². The molecule has 1 atom stereocenters. The second-order valence-electron chi connectivity index (χ2n) is 6.38. The quantitative estimate of drug-likeness (QED) is 0.509. The second-order valence-corrected chi connectivity index (χ2v) is 6.38. The number of nitro groups is 1. The fourth-order valence-corrected chi connectivity index (χ4v) is 2.20. The first kappa shape index (κ1) is 19.9. The number of rotatable bonds is 7. The van der Waals surface area contributed by atoms with Gasteiger partial charge >= 0.3 is 0 Å². The van der Waals surface area contributed by atoms with Gasteiger partial charge in [0.1, 0.15) is 6.04 Å². The van der Waals surface area contributed by atoms with Gasteiger partial charge in [0.25, 0.3) is 5.69 Å². The summed E-state index contributed by atoms with van der Waals surface area (Å²) in [6.07, 6.45) is 0. The molecule has 3 N–H and O–H groups in total. The van der Waals surface area contributed by atoms with E-state index in [-0.39, 0.29) is 23.4 Å². The molecule has 27 heavy (non-hydrogen) atoms. The summed E-state index contributed by atoms with van der Waals surface area (Å²) in [6.45, 7) is 5.31. The molecule has 142 valence electrons. The van der Waals surface area contributed by atoms with Crippen molar-refractivity contribution < 1.29 is 14.5 Å². The van der Waals surface area contributed by atoms with Crippen molar-refractivity contribution in [1.82, 2.24) is 0 Å². The number of hydrogen-bond donors (Lipinski definition) is 3. The van der Waals surface area contributed by atoms with Crippen LogP contribution in [0.15, 0.2) is 48.5 Å². The third-order valence-corrected chi connectivity index (χ3v) is 3.78. The minimum atomic E-state index is -0.569. The molecule has 0 aliphatic heterocycles. The fraction of sp³-hybridized carbons (Fsp3) is 0.263. The number of carbonyl (C=O) groups is 2. The highest BCUT2D eigenvalue weighted by Crippen LogP contribution is 2.18. The van der Waals surface area contributed by atoms with Gasteiger partial charge in [-0.15, -0.1) is 0 Å². The molecule has 0 aliphatic carbocycles. The topological polar surface area (TPSA) is 113 Å². The summed E-state index contributed by atoms with van der Waals surface area (Å²) < 4.78 is 0. The van der Waals surface area contributed by atoms with Crippen LogP contribution in [0.4, 0.5) is 22.7 Å². The first-order valence-electron chi connectivity index (χ1n) is 8.49. The number of anilines is 3. The number of nitrogens with one attached hydrogen (secondary N) is 3. The Bertz CT molecular complexity index is 834. The van der Waals surface area contributed by atoms with E-state index in [9.17, 15) is 19.7 Å². The molecule has 0 aliphatic rings. The Morgan fingerprint density at radius 2 is 1.48 bits per heavy atom. The van der Waals surface area contributed by atoms with E-state index in [2.05, 4.69) is 16.0 Å². The molecule has 0 bridgehead atoms. The normalized spacial score (nSPS) is 11.6. The number of non-ortho nitro benzene ring substituents is 1. The molecule has 8 heteroatoms. The van der Waals surface area contributed by atoms with Crippen molar-refractivity contribution in [3.8, 4) is 0 Å². The van der Waals surface area contributed by atoms with Gasteiger partial charge in [0.15, 0.2) is 0 Å². The van der Waals surface area contributed by atoms with E-state index in [1.165, 1.54) is 18.2 Å². The Hall–Kier alpha value is -3.42. The van der Waals surface area contributed by atoms with Crippen molar-refractivity contribution in [1.29, 1.82) is 0 Å². The maximum atomic E-state index is 12.3. The largest absolute Gasteiger partial charge is 0.374 e. The molecular formula is C19H22N4O4. The lowest BCUT2D eigenvalue weighted by Gasteiger charge is -2.16. The molecule has 0 fully saturated rings. The number of amides is 2. The van der Waals surface area contributed by atoms with Crippen LogP contribution in [0.2, 0.25) is 0 Å². The third-order valence-electron chi connectivity index (χ3n) is 3.78. The van der Waals surface area contributed by atoms with Crippen LogP contribution in [0.5, 0.6) is 0 Å². The molecule has 0 aromatic heterocycles. The van der Waals surface area contributed by atoms with Crippen molar-refractivity contribution in [2.45, 2.75) is 26.8 Å². The molecule has 0 unspecified atom stereocenters. The smallest absolute Gasteiger partial charge is 0.271 e. The van der Waals surface area contributed by atoms with Crippen LogP contribution in [0.1, 0.15) is 20.8 Å². The van der Waals surface area contributed by atoms with Crippen LogP contribution in [0.3, 0.4) is 0 Å². The lowest BCUT2D eigenvalue weighted by atomic mass is 10.2. The Morgan fingerprint density at radius 1 is 0.889 bits per heavy atom. The highest BCUT2D eigenvalue weighted by Gasteiger charge is 2.14. The molecule has 2 rings (SSSR count). The van der Waals surface area contributed by atoms with E-state index in [1.807, 2.05) is 13.8 Å². The minimum absolute atomic E-state index is 0.0691. The lowest BCUT2D eigenvalue weighted by molar-refractivity contribution is -0.384. The van der Waals surface area contributed by atoms with E-state index in [0.717, 1.165) is 0 Å². The Labute approximate surface area is 157 Å². The van der Waals surface area contributed by atoms with Gasteiger partial charge in [-0.25, -0.2) is 0 Å². The number of benzene rings is 2. The number of carbonyl (C=O) groups excluding carboxylic acids is 2.